The van der Waals surface area contributed by atoms with Gasteiger partial charge in [0.1, 0.15) is 23.9 Å². The molecule has 1 aliphatic heterocycles. The van der Waals surface area contributed by atoms with Gasteiger partial charge in [0.15, 0.2) is 6.61 Å². The SMILES string of the molecule is O=C1CN(C(=O)COc2ccc3ccccc3c2)[C@H](c2ccc(F)cc2)c2cc(F)ccc2N1. The van der Waals surface area contributed by atoms with Gasteiger partial charge in [0, 0.05) is 11.3 Å². The zero-order valence-electron chi connectivity index (χ0n) is 18.0. The Morgan fingerprint density at radius 3 is 2.44 bits per heavy atom. The summed E-state index contributed by atoms with van der Waals surface area (Å²) in [5.41, 5.74) is 1.34. The molecule has 1 aliphatic rings. The third kappa shape index (κ3) is 4.32. The van der Waals surface area contributed by atoms with Crippen LogP contribution in [0.2, 0.25) is 0 Å². The first kappa shape index (κ1) is 21.6. The summed E-state index contributed by atoms with van der Waals surface area (Å²) in [5, 5.41) is 4.73. The quantitative estimate of drug-likeness (QED) is 0.465. The summed E-state index contributed by atoms with van der Waals surface area (Å²) in [4.78, 5) is 27.3. The highest BCUT2D eigenvalue weighted by molar-refractivity contribution is 5.97. The molecule has 5 nitrogen and oxygen atoms in total. The van der Waals surface area contributed by atoms with E-state index >= 15 is 0 Å². The third-order valence-electron chi connectivity index (χ3n) is 5.80. The van der Waals surface area contributed by atoms with Gasteiger partial charge in [-0.05, 0) is 58.8 Å². The molecule has 0 fully saturated rings. The maximum absolute atomic E-state index is 14.2. The number of carbonyl (C=O) groups is 2. The van der Waals surface area contributed by atoms with Crippen molar-refractivity contribution in [3.8, 4) is 5.75 Å². The maximum Gasteiger partial charge on any atom is 0.261 e. The summed E-state index contributed by atoms with van der Waals surface area (Å²) in [5.74, 6) is -1.33. The number of nitrogens with zero attached hydrogens (tertiary/aromatic N) is 1. The Labute approximate surface area is 194 Å². The van der Waals surface area contributed by atoms with Crippen LogP contribution in [0.4, 0.5) is 14.5 Å². The molecule has 1 heterocycles. The first-order valence-electron chi connectivity index (χ1n) is 10.7. The molecule has 0 aromatic heterocycles. The van der Waals surface area contributed by atoms with Crippen molar-refractivity contribution in [2.45, 2.75) is 6.04 Å². The van der Waals surface area contributed by atoms with Crippen LogP contribution in [-0.2, 0) is 9.59 Å². The second-order valence-corrected chi connectivity index (χ2v) is 8.05. The van der Waals surface area contributed by atoms with Crippen LogP contribution in [0.1, 0.15) is 17.2 Å². The van der Waals surface area contributed by atoms with Crippen LogP contribution in [0.3, 0.4) is 0 Å². The van der Waals surface area contributed by atoms with Gasteiger partial charge in [-0.25, -0.2) is 8.78 Å². The van der Waals surface area contributed by atoms with Gasteiger partial charge >= 0.3 is 0 Å². The average Bonchev–Trinajstić information content (AvgIpc) is 2.98. The lowest BCUT2D eigenvalue weighted by molar-refractivity contribution is -0.138. The van der Waals surface area contributed by atoms with Crippen molar-refractivity contribution in [3.05, 3.63) is 108 Å². The van der Waals surface area contributed by atoms with Crippen molar-refractivity contribution in [2.24, 2.45) is 0 Å². The Morgan fingerprint density at radius 1 is 0.912 bits per heavy atom. The number of rotatable bonds is 4. The molecule has 170 valence electrons. The van der Waals surface area contributed by atoms with Gasteiger partial charge in [0.25, 0.3) is 5.91 Å². The number of hydrogen-bond acceptors (Lipinski definition) is 3. The van der Waals surface area contributed by atoms with Gasteiger partial charge in [-0.3, -0.25) is 9.59 Å². The monoisotopic (exact) mass is 458 g/mol. The van der Waals surface area contributed by atoms with E-state index in [0.717, 1.165) is 10.8 Å². The van der Waals surface area contributed by atoms with E-state index in [0.29, 0.717) is 22.6 Å². The number of carbonyl (C=O) groups excluding carboxylic acids is 2. The Kier molecular flexibility index (Phi) is 5.67. The highest BCUT2D eigenvalue weighted by Crippen LogP contribution is 2.36. The van der Waals surface area contributed by atoms with E-state index in [1.54, 1.807) is 6.07 Å². The van der Waals surface area contributed by atoms with Gasteiger partial charge in [-0.15, -0.1) is 0 Å². The first-order chi connectivity index (χ1) is 16.5. The Hall–Kier alpha value is -4.26. The standard InChI is InChI=1S/C27H20F2N2O3/c28-20-8-5-18(6-9-20)27-23-14-21(29)10-12-24(23)30-25(32)15-31(27)26(33)16-34-22-11-7-17-3-1-2-4-19(17)13-22/h1-14,27H,15-16H2,(H,30,32)/t27-/m1/s1. The summed E-state index contributed by atoms with van der Waals surface area (Å²) < 4.78 is 33.6. The highest BCUT2D eigenvalue weighted by atomic mass is 19.1. The first-order valence-corrected chi connectivity index (χ1v) is 10.7. The van der Waals surface area contributed by atoms with Gasteiger partial charge in [0.05, 0.1) is 6.04 Å². The zero-order valence-corrected chi connectivity index (χ0v) is 18.0. The molecule has 0 aliphatic carbocycles. The van der Waals surface area contributed by atoms with Crippen LogP contribution in [0.5, 0.6) is 5.75 Å². The molecule has 7 heteroatoms. The second-order valence-electron chi connectivity index (χ2n) is 8.05. The van der Waals surface area contributed by atoms with Crippen molar-refractivity contribution in [1.29, 1.82) is 0 Å². The van der Waals surface area contributed by atoms with Crippen molar-refractivity contribution in [2.75, 3.05) is 18.5 Å². The summed E-state index contributed by atoms with van der Waals surface area (Å²) in [7, 11) is 0. The van der Waals surface area contributed by atoms with Gasteiger partial charge < -0.3 is 15.0 Å². The smallest absolute Gasteiger partial charge is 0.261 e. The highest BCUT2D eigenvalue weighted by Gasteiger charge is 2.34. The molecule has 1 N–H and O–H groups in total. The Bertz CT molecular complexity index is 1390. The second kappa shape index (κ2) is 8.94. The van der Waals surface area contributed by atoms with Gasteiger partial charge in [-0.2, -0.15) is 0 Å². The largest absolute Gasteiger partial charge is 0.484 e. The van der Waals surface area contributed by atoms with Crippen molar-refractivity contribution < 1.29 is 23.1 Å². The molecule has 2 amide bonds. The fourth-order valence-electron chi connectivity index (χ4n) is 4.20. The summed E-state index contributed by atoms with van der Waals surface area (Å²) in [6.07, 6.45) is 0. The minimum atomic E-state index is -0.807. The lowest BCUT2D eigenvalue weighted by atomic mass is 9.95. The average molecular weight is 458 g/mol. The molecule has 4 aromatic rings. The minimum Gasteiger partial charge on any atom is -0.484 e. The van der Waals surface area contributed by atoms with E-state index in [2.05, 4.69) is 5.32 Å². The number of fused-ring (bicyclic) bond motifs is 2. The van der Waals surface area contributed by atoms with Crippen molar-refractivity contribution >= 4 is 28.3 Å². The normalized spacial score (nSPS) is 15.4. The molecular weight excluding hydrogens is 438 g/mol. The molecular formula is C27H20F2N2O3. The predicted octanol–water partition coefficient (Wildman–Crippen LogP) is 5.07. The molecule has 1 atom stereocenters. The fraction of sp³-hybridized carbons (Fsp3) is 0.111. The van der Waals surface area contributed by atoms with Crippen LogP contribution in [0.25, 0.3) is 10.8 Å². The van der Waals surface area contributed by atoms with Crippen LogP contribution in [0, 0.1) is 11.6 Å². The number of nitrogens with one attached hydrogen (secondary N) is 1. The van der Waals surface area contributed by atoms with E-state index in [1.165, 1.54) is 47.4 Å². The molecule has 5 rings (SSSR count). The summed E-state index contributed by atoms with van der Waals surface area (Å²) >= 11 is 0. The number of benzene rings is 4. The number of amides is 2. The van der Waals surface area contributed by atoms with Crippen LogP contribution in [0.15, 0.2) is 84.9 Å². The van der Waals surface area contributed by atoms with E-state index in [1.807, 2.05) is 36.4 Å². The molecule has 34 heavy (non-hydrogen) atoms. The number of ether oxygens (including phenoxy) is 1. The van der Waals surface area contributed by atoms with Gasteiger partial charge in [0.2, 0.25) is 5.91 Å². The molecule has 0 bridgehead atoms. The third-order valence-corrected chi connectivity index (χ3v) is 5.80. The Balaban J connectivity index is 1.48. The van der Waals surface area contributed by atoms with Crippen LogP contribution < -0.4 is 10.1 Å². The number of halogens is 2. The van der Waals surface area contributed by atoms with Crippen LogP contribution in [-0.4, -0.2) is 29.9 Å². The topological polar surface area (TPSA) is 58.6 Å². The maximum atomic E-state index is 14.2. The van der Waals surface area contributed by atoms with Gasteiger partial charge in [-0.1, -0.05) is 42.5 Å². The summed E-state index contributed by atoms with van der Waals surface area (Å²) in [6.45, 7) is -0.591. The number of anilines is 1. The molecule has 0 unspecified atom stereocenters. The molecule has 4 aromatic carbocycles. The summed E-state index contributed by atoms with van der Waals surface area (Å²) in [6, 6.07) is 22.0. The molecule has 0 saturated heterocycles. The molecule has 0 spiro atoms. The Morgan fingerprint density at radius 2 is 1.65 bits per heavy atom. The van der Waals surface area contributed by atoms with Crippen molar-refractivity contribution in [1.82, 2.24) is 4.90 Å². The minimum absolute atomic E-state index is 0.266. The number of hydrogen-bond donors (Lipinski definition) is 1. The van der Waals surface area contributed by atoms with E-state index in [-0.39, 0.29) is 13.2 Å². The molecule has 0 saturated carbocycles. The molecule has 0 radical (unpaired) electrons. The lowest BCUT2D eigenvalue weighted by Crippen LogP contribution is -2.41. The lowest BCUT2D eigenvalue weighted by Gasteiger charge is -2.30. The fourth-order valence-corrected chi connectivity index (χ4v) is 4.20. The van der Waals surface area contributed by atoms with Crippen molar-refractivity contribution in [3.63, 3.8) is 0 Å². The van der Waals surface area contributed by atoms with E-state index in [9.17, 15) is 18.4 Å². The zero-order chi connectivity index (χ0) is 23.7. The van der Waals surface area contributed by atoms with E-state index < -0.39 is 29.5 Å². The van der Waals surface area contributed by atoms with E-state index in [4.69, 9.17) is 4.74 Å². The van der Waals surface area contributed by atoms with Crippen LogP contribution >= 0.6 is 0 Å². The predicted molar refractivity (Wildman–Crippen MR) is 124 cm³/mol.